The van der Waals surface area contributed by atoms with Crippen LogP contribution in [-0.2, 0) is 17.8 Å². The molecule has 0 fully saturated rings. The van der Waals surface area contributed by atoms with Crippen LogP contribution in [0.4, 0.5) is 5.13 Å². The molecule has 1 amide bonds. The standard InChI is InChI=1S/C25H25N3O3S/c1-16-8-9-18(17(2)13-16)14-22(29)28(15-19-7-5-6-12-26-19)25-27-23-20(30-3)10-11-21(31-4)24(23)32-25/h5-13H,14-15H2,1-4H3. The molecule has 0 N–H and O–H groups in total. The average Bonchev–Trinajstić information content (AvgIpc) is 3.24. The molecular weight excluding hydrogens is 422 g/mol. The highest BCUT2D eigenvalue weighted by Crippen LogP contribution is 2.40. The van der Waals surface area contributed by atoms with Gasteiger partial charge in [0.15, 0.2) is 5.13 Å². The van der Waals surface area contributed by atoms with E-state index < -0.39 is 0 Å². The van der Waals surface area contributed by atoms with Crippen LogP contribution in [0.1, 0.15) is 22.4 Å². The summed E-state index contributed by atoms with van der Waals surface area (Å²) in [5.74, 6) is 1.30. The molecule has 6 nitrogen and oxygen atoms in total. The molecule has 7 heteroatoms. The first-order chi connectivity index (χ1) is 15.5. The summed E-state index contributed by atoms with van der Waals surface area (Å²) in [6, 6.07) is 15.5. The minimum absolute atomic E-state index is 0.0420. The molecule has 2 aromatic heterocycles. The number of methoxy groups -OCH3 is 2. The van der Waals surface area contributed by atoms with Gasteiger partial charge in [0.25, 0.3) is 0 Å². The van der Waals surface area contributed by atoms with Crippen molar-refractivity contribution in [2.75, 3.05) is 19.1 Å². The molecule has 32 heavy (non-hydrogen) atoms. The third kappa shape index (κ3) is 4.43. The topological polar surface area (TPSA) is 64.6 Å². The molecule has 0 spiro atoms. The number of anilines is 1. The fraction of sp³-hybridized carbons (Fsp3) is 0.240. The molecule has 2 heterocycles. The Balaban J connectivity index is 1.76. The van der Waals surface area contributed by atoms with Gasteiger partial charge >= 0.3 is 0 Å². The summed E-state index contributed by atoms with van der Waals surface area (Å²) < 4.78 is 11.9. The highest BCUT2D eigenvalue weighted by Gasteiger charge is 2.24. The number of ether oxygens (including phenoxy) is 2. The number of hydrogen-bond donors (Lipinski definition) is 0. The number of carbonyl (C=O) groups excluding carboxylic acids is 1. The largest absolute Gasteiger partial charge is 0.495 e. The van der Waals surface area contributed by atoms with Crippen LogP contribution in [0.25, 0.3) is 10.2 Å². The van der Waals surface area contributed by atoms with Gasteiger partial charge in [-0.05, 0) is 49.2 Å². The molecule has 0 aliphatic heterocycles. The molecule has 164 valence electrons. The van der Waals surface area contributed by atoms with Gasteiger partial charge in [0.05, 0.1) is 32.9 Å². The number of pyridine rings is 1. The summed E-state index contributed by atoms with van der Waals surface area (Å²) >= 11 is 1.41. The molecule has 0 radical (unpaired) electrons. The number of fused-ring (bicyclic) bond motifs is 1. The Kier molecular flexibility index (Phi) is 6.37. The van der Waals surface area contributed by atoms with Crippen LogP contribution >= 0.6 is 11.3 Å². The summed E-state index contributed by atoms with van der Waals surface area (Å²) in [6.07, 6.45) is 2.01. The van der Waals surface area contributed by atoms with E-state index in [4.69, 9.17) is 14.5 Å². The molecule has 0 unspecified atom stereocenters. The molecule has 0 bridgehead atoms. The number of hydrogen-bond acceptors (Lipinski definition) is 6. The van der Waals surface area contributed by atoms with Crippen molar-refractivity contribution in [1.82, 2.24) is 9.97 Å². The van der Waals surface area contributed by atoms with E-state index in [1.807, 2.05) is 56.3 Å². The average molecular weight is 448 g/mol. The predicted molar refractivity (Wildman–Crippen MR) is 128 cm³/mol. The fourth-order valence-electron chi connectivity index (χ4n) is 3.61. The lowest BCUT2D eigenvalue weighted by Gasteiger charge is -2.20. The van der Waals surface area contributed by atoms with E-state index in [2.05, 4.69) is 11.1 Å². The van der Waals surface area contributed by atoms with Gasteiger partial charge in [-0.2, -0.15) is 0 Å². The molecule has 2 aromatic carbocycles. The van der Waals surface area contributed by atoms with Crippen molar-refractivity contribution in [3.05, 3.63) is 77.1 Å². The first kappa shape index (κ1) is 21.8. The van der Waals surface area contributed by atoms with E-state index in [0.29, 0.717) is 28.7 Å². The van der Waals surface area contributed by atoms with Crippen LogP contribution in [0, 0.1) is 13.8 Å². The van der Waals surface area contributed by atoms with E-state index in [1.165, 1.54) is 16.9 Å². The van der Waals surface area contributed by atoms with Gasteiger partial charge in [-0.15, -0.1) is 0 Å². The monoisotopic (exact) mass is 447 g/mol. The maximum atomic E-state index is 13.5. The van der Waals surface area contributed by atoms with Gasteiger partial charge in [0, 0.05) is 6.20 Å². The number of rotatable bonds is 7. The van der Waals surface area contributed by atoms with Gasteiger partial charge in [-0.1, -0.05) is 41.2 Å². The minimum atomic E-state index is -0.0420. The summed E-state index contributed by atoms with van der Waals surface area (Å²) in [4.78, 5) is 24.4. The summed E-state index contributed by atoms with van der Waals surface area (Å²) in [5.41, 5.74) is 4.75. The van der Waals surface area contributed by atoms with Crippen LogP contribution in [-0.4, -0.2) is 30.1 Å². The van der Waals surface area contributed by atoms with E-state index in [9.17, 15) is 4.79 Å². The number of carbonyl (C=O) groups is 1. The lowest BCUT2D eigenvalue weighted by atomic mass is 10.0. The smallest absolute Gasteiger partial charge is 0.233 e. The quantitative estimate of drug-likeness (QED) is 0.394. The number of aromatic nitrogens is 2. The van der Waals surface area contributed by atoms with Crippen LogP contribution < -0.4 is 14.4 Å². The summed E-state index contributed by atoms with van der Waals surface area (Å²) in [6.45, 7) is 4.41. The van der Waals surface area contributed by atoms with Crippen molar-refractivity contribution in [1.29, 1.82) is 0 Å². The maximum absolute atomic E-state index is 13.5. The maximum Gasteiger partial charge on any atom is 0.233 e. The summed E-state index contributed by atoms with van der Waals surface area (Å²) in [5, 5.41) is 0.586. The van der Waals surface area contributed by atoms with E-state index in [1.54, 1.807) is 25.3 Å². The zero-order valence-electron chi connectivity index (χ0n) is 18.6. The highest BCUT2D eigenvalue weighted by molar-refractivity contribution is 7.22. The second kappa shape index (κ2) is 9.36. The first-order valence-electron chi connectivity index (χ1n) is 10.3. The molecule has 0 saturated carbocycles. The fourth-order valence-corrected chi connectivity index (χ4v) is 4.70. The Morgan fingerprint density at radius 3 is 2.50 bits per heavy atom. The van der Waals surface area contributed by atoms with Gasteiger partial charge in [-0.3, -0.25) is 14.7 Å². The number of benzene rings is 2. The van der Waals surface area contributed by atoms with E-state index >= 15 is 0 Å². The Labute approximate surface area is 191 Å². The normalized spacial score (nSPS) is 10.9. The second-order valence-corrected chi connectivity index (χ2v) is 8.53. The van der Waals surface area contributed by atoms with Crippen LogP contribution in [0.15, 0.2) is 54.7 Å². The predicted octanol–water partition coefficient (Wildman–Crippen LogP) is 5.10. The zero-order chi connectivity index (χ0) is 22.7. The molecular formula is C25H25N3O3S. The van der Waals surface area contributed by atoms with Crippen molar-refractivity contribution in [2.45, 2.75) is 26.8 Å². The third-order valence-electron chi connectivity index (χ3n) is 5.32. The van der Waals surface area contributed by atoms with Crippen molar-refractivity contribution in [3.8, 4) is 11.5 Å². The van der Waals surface area contributed by atoms with Gasteiger partial charge in [0.1, 0.15) is 21.7 Å². The molecule has 0 saturated heterocycles. The lowest BCUT2D eigenvalue weighted by Crippen LogP contribution is -2.32. The first-order valence-corrected chi connectivity index (χ1v) is 11.1. The number of nitrogens with zero attached hydrogens (tertiary/aromatic N) is 3. The van der Waals surface area contributed by atoms with Crippen molar-refractivity contribution in [2.24, 2.45) is 0 Å². The molecule has 0 aliphatic carbocycles. The zero-order valence-corrected chi connectivity index (χ0v) is 19.4. The number of amides is 1. The molecule has 0 aliphatic rings. The minimum Gasteiger partial charge on any atom is -0.495 e. The Morgan fingerprint density at radius 1 is 1.03 bits per heavy atom. The lowest BCUT2D eigenvalue weighted by molar-refractivity contribution is -0.118. The Hall–Kier alpha value is -3.45. The highest BCUT2D eigenvalue weighted by atomic mass is 32.1. The van der Waals surface area contributed by atoms with Crippen LogP contribution in [0.3, 0.4) is 0 Å². The van der Waals surface area contributed by atoms with Crippen molar-refractivity contribution >= 4 is 32.6 Å². The SMILES string of the molecule is COc1ccc(OC)c2sc(N(Cc3ccccn3)C(=O)Cc3ccc(C)cc3C)nc12. The van der Waals surface area contributed by atoms with E-state index in [0.717, 1.165) is 21.5 Å². The van der Waals surface area contributed by atoms with Gasteiger partial charge < -0.3 is 9.47 Å². The number of thiazole rings is 1. The second-order valence-electron chi connectivity index (χ2n) is 7.55. The van der Waals surface area contributed by atoms with Crippen molar-refractivity contribution in [3.63, 3.8) is 0 Å². The Morgan fingerprint density at radius 2 is 1.81 bits per heavy atom. The molecule has 0 atom stereocenters. The summed E-state index contributed by atoms with van der Waals surface area (Å²) in [7, 11) is 3.23. The van der Waals surface area contributed by atoms with Gasteiger partial charge in [-0.25, -0.2) is 4.98 Å². The van der Waals surface area contributed by atoms with Crippen LogP contribution in [0.2, 0.25) is 0 Å². The van der Waals surface area contributed by atoms with Crippen molar-refractivity contribution < 1.29 is 14.3 Å². The number of aryl methyl sites for hydroxylation is 2. The van der Waals surface area contributed by atoms with Gasteiger partial charge in [0.2, 0.25) is 5.91 Å². The van der Waals surface area contributed by atoms with Crippen LogP contribution in [0.5, 0.6) is 11.5 Å². The molecule has 4 rings (SSSR count). The van der Waals surface area contributed by atoms with E-state index in [-0.39, 0.29) is 12.3 Å². The Bertz CT molecular complexity index is 1210. The third-order valence-corrected chi connectivity index (χ3v) is 6.41. The molecule has 4 aromatic rings.